The Labute approximate surface area is 50.8 Å². The maximum Gasteiger partial charge on any atom is 0.0795 e. The van der Waals surface area contributed by atoms with Crippen LogP contribution in [0.1, 0.15) is 20.8 Å². The fraction of sp³-hybridized carbons (Fsp3) is 0.667. The van der Waals surface area contributed by atoms with Gasteiger partial charge in [-0.25, -0.2) is 0 Å². The lowest BCUT2D eigenvalue weighted by molar-refractivity contribution is 0.448. The van der Waals surface area contributed by atoms with Gasteiger partial charge in [-0.05, 0) is 20.8 Å². The fourth-order valence-corrected chi connectivity index (χ4v) is 0.550. The third-order valence-electron chi connectivity index (χ3n) is 0.536. The van der Waals surface area contributed by atoms with E-state index >= 15 is 0 Å². The van der Waals surface area contributed by atoms with Gasteiger partial charge in [0, 0.05) is 5.70 Å². The van der Waals surface area contributed by atoms with Crippen LogP contribution in [-0.4, -0.2) is 5.66 Å². The zero-order valence-electron chi connectivity index (χ0n) is 5.78. The van der Waals surface area contributed by atoms with E-state index in [0.717, 1.165) is 5.70 Å². The van der Waals surface area contributed by atoms with Gasteiger partial charge in [0.05, 0.1) is 5.66 Å². The van der Waals surface area contributed by atoms with E-state index in [0.29, 0.717) is 0 Å². The molecule has 0 saturated heterocycles. The first-order chi connectivity index (χ1) is 3.42. The molecule has 0 aromatic rings. The molecular formula is C6H14N2. The molecule has 0 saturated carbocycles. The number of nitrogens with two attached hydrogens (primary N) is 1. The fourth-order valence-electron chi connectivity index (χ4n) is 0.550. The van der Waals surface area contributed by atoms with Gasteiger partial charge in [0.25, 0.3) is 0 Å². The summed E-state index contributed by atoms with van der Waals surface area (Å²) < 4.78 is 0. The van der Waals surface area contributed by atoms with Crippen molar-refractivity contribution in [2.45, 2.75) is 26.4 Å². The molecule has 0 spiro atoms. The van der Waals surface area contributed by atoms with Crippen LogP contribution in [0.15, 0.2) is 12.3 Å². The van der Waals surface area contributed by atoms with Crippen LogP contribution in [0.3, 0.4) is 0 Å². The molecule has 0 aliphatic rings. The summed E-state index contributed by atoms with van der Waals surface area (Å²) in [6.07, 6.45) is 0. The van der Waals surface area contributed by atoms with Gasteiger partial charge in [0.1, 0.15) is 0 Å². The quantitative estimate of drug-likeness (QED) is 0.521. The van der Waals surface area contributed by atoms with Crippen LogP contribution in [-0.2, 0) is 0 Å². The van der Waals surface area contributed by atoms with E-state index in [4.69, 9.17) is 5.73 Å². The SMILES string of the molecule is C=C(C)NC(C)(C)N. The summed E-state index contributed by atoms with van der Waals surface area (Å²) in [5, 5.41) is 2.97. The highest BCUT2D eigenvalue weighted by Crippen LogP contribution is 1.92. The van der Waals surface area contributed by atoms with E-state index in [1.54, 1.807) is 0 Å². The molecule has 0 aliphatic heterocycles. The van der Waals surface area contributed by atoms with E-state index in [1.807, 2.05) is 20.8 Å². The van der Waals surface area contributed by atoms with Crippen LogP contribution < -0.4 is 11.1 Å². The average Bonchev–Trinajstić information content (AvgIpc) is 1.21. The van der Waals surface area contributed by atoms with Gasteiger partial charge in [-0.1, -0.05) is 6.58 Å². The number of allylic oxidation sites excluding steroid dienone is 1. The molecule has 0 rings (SSSR count). The lowest BCUT2D eigenvalue weighted by Gasteiger charge is -2.21. The Morgan fingerprint density at radius 3 is 2.00 bits per heavy atom. The highest BCUT2D eigenvalue weighted by Gasteiger charge is 2.06. The molecule has 0 fully saturated rings. The highest BCUT2D eigenvalue weighted by molar-refractivity contribution is 4.90. The molecule has 3 N–H and O–H groups in total. The van der Waals surface area contributed by atoms with E-state index in [1.165, 1.54) is 0 Å². The third kappa shape index (κ3) is 5.50. The molecular weight excluding hydrogens is 100 g/mol. The zero-order valence-corrected chi connectivity index (χ0v) is 5.78. The third-order valence-corrected chi connectivity index (χ3v) is 0.536. The molecule has 8 heavy (non-hydrogen) atoms. The first-order valence-corrected chi connectivity index (χ1v) is 2.64. The normalized spacial score (nSPS) is 11.0. The van der Waals surface area contributed by atoms with E-state index in [2.05, 4.69) is 11.9 Å². The lowest BCUT2D eigenvalue weighted by Crippen LogP contribution is -2.46. The van der Waals surface area contributed by atoms with Crippen LogP contribution >= 0.6 is 0 Å². The first kappa shape index (κ1) is 7.50. The summed E-state index contributed by atoms with van der Waals surface area (Å²) in [6, 6.07) is 0. The molecule has 0 radical (unpaired) electrons. The topological polar surface area (TPSA) is 38.0 Å². The summed E-state index contributed by atoms with van der Waals surface area (Å²) in [5.74, 6) is 0. The second kappa shape index (κ2) is 2.18. The Morgan fingerprint density at radius 2 is 2.00 bits per heavy atom. The Bertz CT molecular complexity index is 89.2. The summed E-state index contributed by atoms with van der Waals surface area (Å²) >= 11 is 0. The van der Waals surface area contributed by atoms with Gasteiger partial charge < -0.3 is 11.1 Å². The smallest absolute Gasteiger partial charge is 0.0795 e. The molecule has 48 valence electrons. The van der Waals surface area contributed by atoms with Crippen molar-refractivity contribution in [1.82, 2.24) is 5.32 Å². The second-order valence-corrected chi connectivity index (χ2v) is 2.63. The van der Waals surface area contributed by atoms with Crippen LogP contribution in [0.4, 0.5) is 0 Å². The van der Waals surface area contributed by atoms with Gasteiger partial charge in [0.2, 0.25) is 0 Å². The van der Waals surface area contributed by atoms with E-state index in [9.17, 15) is 0 Å². The molecule has 0 amide bonds. The van der Waals surface area contributed by atoms with Gasteiger partial charge in [-0.3, -0.25) is 0 Å². The average molecular weight is 114 g/mol. The molecule has 0 bridgehead atoms. The molecule has 2 nitrogen and oxygen atoms in total. The predicted octanol–water partition coefficient (Wildman–Crippen LogP) is 0.804. The lowest BCUT2D eigenvalue weighted by atomic mass is 10.2. The molecule has 0 aromatic heterocycles. The molecule has 0 atom stereocenters. The van der Waals surface area contributed by atoms with E-state index < -0.39 is 0 Å². The summed E-state index contributed by atoms with van der Waals surface area (Å²) in [7, 11) is 0. The number of rotatable bonds is 2. The van der Waals surface area contributed by atoms with Crippen molar-refractivity contribution in [2.24, 2.45) is 5.73 Å². The van der Waals surface area contributed by atoms with Crippen molar-refractivity contribution < 1.29 is 0 Å². The first-order valence-electron chi connectivity index (χ1n) is 2.64. The summed E-state index contributed by atoms with van der Waals surface area (Å²) in [4.78, 5) is 0. The second-order valence-electron chi connectivity index (χ2n) is 2.63. The molecule has 0 aromatic carbocycles. The number of nitrogens with one attached hydrogen (secondary N) is 1. The molecule has 0 unspecified atom stereocenters. The van der Waals surface area contributed by atoms with Crippen LogP contribution in [0.2, 0.25) is 0 Å². The molecule has 0 aliphatic carbocycles. The van der Waals surface area contributed by atoms with Gasteiger partial charge >= 0.3 is 0 Å². The van der Waals surface area contributed by atoms with Crippen molar-refractivity contribution >= 4 is 0 Å². The Balaban J connectivity index is 3.55. The largest absolute Gasteiger partial charge is 0.372 e. The molecule has 2 heteroatoms. The minimum Gasteiger partial charge on any atom is -0.372 e. The molecule has 0 heterocycles. The number of hydrogen-bond acceptors (Lipinski definition) is 2. The van der Waals surface area contributed by atoms with Crippen LogP contribution in [0, 0.1) is 0 Å². The standard InChI is InChI=1S/C6H14N2/c1-5(2)8-6(3,4)7/h8H,1,7H2,2-4H3. The van der Waals surface area contributed by atoms with Crippen LogP contribution in [0.5, 0.6) is 0 Å². The van der Waals surface area contributed by atoms with Crippen molar-refractivity contribution in [3.8, 4) is 0 Å². The van der Waals surface area contributed by atoms with E-state index in [-0.39, 0.29) is 5.66 Å². The number of hydrogen-bond donors (Lipinski definition) is 2. The monoisotopic (exact) mass is 114 g/mol. The Kier molecular flexibility index (Phi) is 2.04. The van der Waals surface area contributed by atoms with Gasteiger partial charge in [-0.2, -0.15) is 0 Å². The maximum atomic E-state index is 5.56. The van der Waals surface area contributed by atoms with Gasteiger partial charge in [-0.15, -0.1) is 0 Å². The van der Waals surface area contributed by atoms with Crippen LogP contribution in [0.25, 0.3) is 0 Å². The maximum absolute atomic E-state index is 5.56. The van der Waals surface area contributed by atoms with Crippen molar-refractivity contribution in [3.05, 3.63) is 12.3 Å². The predicted molar refractivity (Wildman–Crippen MR) is 36.2 cm³/mol. The minimum atomic E-state index is -0.328. The zero-order chi connectivity index (χ0) is 6.78. The summed E-state index contributed by atoms with van der Waals surface area (Å²) in [5.41, 5.74) is 6.14. The Hall–Kier alpha value is -0.500. The van der Waals surface area contributed by atoms with Crippen molar-refractivity contribution in [2.75, 3.05) is 0 Å². The van der Waals surface area contributed by atoms with Gasteiger partial charge in [0.15, 0.2) is 0 Å². The van der Waals surface area contributed by atoms with Crippen molar-refractivity contribution in [3.63, 3.8) is 0 Å². The highest BCUT2D eigenvalue weighted by atomic mass is 15.1. The Morgan fingerprint density at radius 1 is 1.62 bits per heavy atom. The summed E-state index contributed by atoms with van der Waals surface area (Å²) in [6.45, 7) is 9.31. The van der Waals surface area contributed by atoms with Crippen molar-refractivity contribution in [1.29, 1.82) is 0 Å². The minimum absolute atomic E-state index is 0.328.